The Morgan fingerprint density at radius 1 is 1.24 bits per heavy atom. The van der Waals surface area contributed by atoms with Crippen molar-refractivity contribution < 1.29 is 9.53 Å². The lowest BCUT2D eigenvalue weighted by molar-refractivity contribution is -0.127. The Morgan fingerprint density at radius 3 is 2.69 bits per heavy atom. The molecule has 2 N–H and O–H groups in total. The van der Waals surface area contributed by atoms with Gasteiger partial charge in [0.05, 0.1) is 5.60 Å². The fourth-order valence-electron chi connectivity index (χ4n) is 4.91. The zero-order valence-corrected chi connectivity index (χ0v) is 20.7. The molecule has 3 rings (SSSR count). The summed E-state index contributed by atoms with van der Waals surface area (Å²) in [6, 6.07) is 0.913. The maximum absolute atomic E-state index is 12.0. The summed E-state index contributed by atoms with van der Waals surface area (Å²) < 4.78 is 6.17. The van der Waals surface area contributed by atoms with Crippen molar-refractivity contribution in [3.63, 3.8) is 0 Å². The second kappa shape index (κ2) is 11.7. The van der Waals surface area contributed by atoms with Crippen molar-refractivity contribution in [2.45, 2.75) is 76.0 Å². The van der Waals surface area contributed by atoms with Gasteiger partial charge in [-0.3, -0.25) is 9.69 Å². The van der Waals surface area contributed by atoms with Crippen molar-refractivity contribution in [3.05, 3.63) is 0 Å². The molecule has 168 valence electrons. The number of guanidine groups is 1. The molecule has 2 heterocycles. The molecule has 0 bridgehead atoms. The molecule has 0 aromatic rings. The van der Waals surface area contributed by atoms with E-state index in [0.717, 1.165) is 38.5 Å². The number of nitrogens with zero attached hydrogens (tertiary/aromatic N) is 3. The van der Waals surface area contributed by atoms with Crippen molar-refractivity contribution in [2.75, 3.05) is 46.9 Å². The van der Waals surface area contributed by atoms with E-state index in [1.165, 1.54) is 45.1 Å². The van der Waals surface area contributed by atoms with Gasteiger partial charge in [0.15, 0.2) is 5.96 Å². The fourth-order valence-corrected chi connectivity index (χ4v) is 4.91. The van der Waals surface area contributed by atoms with Gasteiger partial charge in [0.25, 0.3) is 0 Å². The van der Waals surface area contributed by atoms with Crippen molar-refractivity contribution in [3.8, 4) is 0 Å². The van der Waals surface area contributed by atoms with Crippen LogP contribution in [0.25, 0.3) is 0 Å². The molecule has 2 saturated heterocycles. The van der Waals surface area contributed by atoms with E-state index in [4.69, 9.17) is 4.74 Å². The number of aliphatic imine (C=N–C) groups is 1. The minimum Gasteiger partial charge on any atom is -0.375 e. The molecule has 1 amide bonds. The van der Waals surface area contributed by atoms with E-state index in [1.807, 2.05) is 0 Å². The Bertz CT molecular complexity index is 551. The van der Waals surface area contributed by atoms with Crippen LogP contribution < -0.4 is 10.6 Å². The van der Waals surface area contributed by atoms with Crippen LogP contribution in [0.4, 0.5) is 0 Å². The number of likely N-dealkylation sites (tertiary alicyclic amines) is 1. The molecule has 0 aromatic carbocycles. The lowest BCUT2D eigenvalue weighted by Gasteiger charge is -2.39. The highest BCUT2D eigenvalue weighted by Gasteiger charge is 2.40. The summed E-state index contributed by atoms with van der Waals surface area (Å²) in [4.78, 5) is 20.8. The Balaban J connectivity index is 0.00000300. The predicted molar refractivity (Wildman–Crippen MR) is 128 cm³/mol. The van der Waals surface area contributed by atoms with E-state index in [9.17, 15) is 4.79 Å². The number of halogens is 1. The predicted octanol–water partition coefficient (Wildman–Crippen LogP) is 2.20. The summed E-state index contributed by atoms with van der Waals surface area (Å²) in [5.41, 5.74) is 0.0743. The van der Waals surface area contributed by atoms with Gasteiger partial charge in [0, 0.05) is 39.3 Å². The van der Waals surface area contributed by atoms with E-state index >= 15 is 0 Å². The second-order valence-corrected chi connectivity index (χ2v) is 8.83. The zero-order chi connectivity index (χ0) is 20.0. The van der Waals surface area contributed by atoms with Gasteiger partial charge in [-0.1, -0.05) is 19.8 Å². The van der Waals surface area contributed by atoms with Gasteiger partial charge in [-0.05, 0) is 51.6 Å². The van der Waals surface area contributed by atoms with Crippen molar-refractivity contribution in [1.82, 2.24) is 20.4 Å². The molecule has 7 nitrogen and oxygen atoms in total. The Labute approximate surface area is 193 Å². The summed E-state index contributed by atoms with van der Waals surface area (Å²) in [7, 11) is 3.55. The largest absolute Gasteiger partial charge is 0.375 e. The highest BCUT2D eigenvalue weighted by atomic mass is 127. The number of rotatable bonds is 6. The van der Waals surface area contributed by atoms with Gasteiger partial charge < -0.3 is 20.3 Å². The van der Waals surface area contributed by atoms with Crippen molar-refractivity contribution in [2.24, 2.45) is 4.99 Å². The lowest BCUT2D eigenvalue weighted by atomic mass is 9.89. The molecule has 1 saturated carbocycles. The Morgan fingerprint density at radius 2 is 2.00 bits per heavy atom. The lowest BCUT2D eigenvalue weighted by Crippen LogP contribution is -2.52. The SMILES string of the molecule is CCN1CCCC1CNC(=NCC(=O)N(C)C)NC1CCOC2(CCCC2)C1.I. The van der Waals surface area contributed by atoms with Crippen LogP contribution >= 0.6 is 24.0 Å². The van der Waals surface area contributed by atoms with E-state index < -0.39 is 0 Å². The van der Waals surface area contributed by atoms with Crippen LogP contribution in [0.15, 0.2) is 4.99 Å². The molecule has 2 atom stereocenters. The second-order valence-electron chi connectivity index (χ2n) is 8.83. The summed E-state index contributed by atoms with van der Waals surface area (Å²) >= 11 is 0. The maximum Gasteiger partial charge on any atom is 0.243 e. The van der Waals surface area contributed by atoms with Crippen LogP contribution in [0.1, 0.15) is 58.3 Å². The van der Waals surface area contributed by atoms with Gasteiger partial charge in [0.2, 0.25) is 5.91 Å². The minimum atomic E-state index is 0. The molecule has 1 spiro atoms. The Hall–Kier alpha value is -0.610. The highest BCUT2D eigenvalue weighted by Crippen LogP contribution is 2.39. The first-order chi connectivity index (χ1) is 13.5. The number of ether oxygens (including phenoxy) is 1. The smallest absolute Gasteiger partial charge is 0.243 e. The quantitative estimate of drug-likeness (QED) is 0.319. The van der Waals surface area contributed by atoms with Crippen LogP contribution in [0.5, 0.6) is 0 Å². The number of nitrogens with one attached hydrogen (secondary N) is 2. The molecule has 1 aliphatic carbocycles. The maximum atomic E-state index is 12.0. The first kappa shape index (κ1) is 24.7. The number of hydrogen-bond donors (Lipinski definition) is 2. The molecule has 8 heteroatoms. The van der Waals surface area contributed by atoms with Gasteiger partial charge in [-0.25, -0.2) is 4.99 Å². The standard InChI is InChI=1S/C21H39N5O2.HI/c1-4-26-12-7-8-18(26)15-22-20(23-16-19(27)25(2)3)24-17-9-13-28-21(14-17)10-5-6-11-21;/h17-18H,4-16H2,1-3H3,(H2,22,23,24);1H. The molecule has 3 aliphatic rings. The Kier molecular flexibility index (Phi) is 9.94. The van der Waals surface area contributed by atoms with E-state index in [-0.39, 0.29) is 42.0 Å². The average molecular weight is 521 g/mol. The average Bonchev–Trinajstić information content (AvgIpc) is 3.32. The van der Waals surface area contributed by atoms with Gasteiger partial charge in [-0.2, -0.15) is 0 Å². The van der Waals surface area contributed by atoms with E-state index in [2.05, 4.69) is 27.4 Å². The normalized spacial score (nSPS) is 26.9. The number of likely N-dealkylation sites (N-methyl/N-ethyl adjacent to an activating group) is 2. The molecule has 29 heavy (non-hydrogen) atoms. The summed E-state index contributed by atoms with van der Waals surface area (Å²) in [6.45, 7) is 6.37. The number of amides is 1. The number of carbonyl (C=O) groups excluding carboxylic acids is 1. The molecule has 2 aliphatic heterocycles. The first-order valence-corrected chi connectivity index (χ1v) is 11.1. The summed E-state index contributed by atoms with van der Waals surface area (Å²) in [5.74, 6) is 0.801. The van der Waals surface area contributed by atoms with Crippen LogP contribution in [-0.4, -0.2) is 86.2 Å². The summed E-state index contributed by atoms with van der Waals surface area (Å²) in [6.07, 6.45) is 9.44. The molecule has 0 aromatic heterocycles. The third-order valence-electron chi connectivity index (χ3n) is 6.63. The van der Waals surface area contributed by atoms with Gasteiger partial charge >= 0.3 is 0 Å². The van der Waals surface area contributed by atoms with Crippen LogP contribution in [-0.2, 0) is 9.53 Å². The van der Waals surface area contributed by atoms with E-state index in [1.54, 1.807) is 19.0 Å². The van der Waals surface area contributed by atoms with Crippen LogP contribution in [0.2, 0.25) is 0 Å². The molecule has 0 radical (unpaired) electrons. The van der Waals surface area contributed by atoms with Crippen molar-refractivity contribution >= 4 is 35.8 Å². The third kappa shape index (κ3) is 6.95. The highest BCUT2D eigenvalue weighted by molar-refractivity contribution is 14.0. The van der Waals surface area contributed by atoms with E-state index in [0.29, 0.717) is 12.1 Å². The molecule has 2 unspecified atom stereocenters. The van der Waals surface area contributed by atoms with Gasteiger partial charge in [-0.15, -0.1) is 24.0 Å². The topological polar surface area (TPSA) is 69.2 Å². The van der Waals surface area contributed by atoms with Gasteiger partial charge in [0.1, 0.15) is 6.54 Å². The van der Waals surface area contributed by atoms with Crippen LogP contribution in [0.3, 0.4) is 0 Å². The van der Waals surface area contributed by atoms with Crippen molar-refractivity contribution in [1.29, 1.82) is 0 Å². The molecular formula is C21H40IN5O2. The third-order valence-corrected chi connectivity index (χ3v) is 6.63. The summed E-state index contributed by atoms with van der Waals surface area (Å²) in [5, 5.41) is 7.16. The monoisotopic (exact) mass is 521 g/mol. The molecular weight excluding hydrogens is 481 g/mol. The minimum absolute atomic E-state index is 0. The zero-order valence-electron chi connectivity index (χ0n) is 18.4. The molecule has 3 fully saturated rings. The first-order valence-electron chi connectivity index (χ1n) is 11.1. The van der Waals surface area contributed by atoms with Crippen LogP contribution in [0, 0.1) is 0 Å². The number of hydrogen-bond acceptors (Lipinski definition) is 4. The fraction of sp³-hybridized carbons (Fsp3) is 0.905. The number of carbonyl (C=O) groups is 1.